The lowest BCUT2D eigenvalue weighted by Gasteiger charge is -2.03. The van der Waals surface area contributed by atoms with E-state index < -0.39 is 0 Å². The fourth-order valence-corrected chi connectivity index (χ4v) is 1.94. The second-order valence-corrected chi connectivity index (χ2v) is 4.25. The van der Waals surface area contributed by atoms with Gasteiger partial charge in [-0.15, -0.1) is 11.7 Å². The van der Waals surface area contributed by atoms with E-state index in [1.54, 1.807) is 6.20 Å². The molecule has 0 aliphatic rings. The Morgan fingerprint density at radius 3 is 2.67 bits per heavy atom. The van der Waals surface area contributed by atoms with Crippen LogP contribution in [0.5, 0.6) is 0 Å². The first-order valence-electron chi connectivity index (χ1n) is 4.43. The standard InChI is InChI=1S/C11H10N2S2/c12-10-3-1-2-8(6-10)9-4-5-13-11(7-9)15-14/h1-7,14H,12H2. The predicted molar refractivity (Wildman–Crippen MR) is 68.9 cm³/mol. The van der Waals surface area contributed by atoms with Crippen LogP contribution in [0, 0.1) is 0 Å². The summed E-state index contributed by atoms with van der Waals surface area (Å²) < 4.78 is 0. The van der Waals surface area contributed by atoms with E-state index in [1.165, 1.54) is 10.8 Å². The minimum absolute atomic E-state index is 0.768. The van der Waals surface area contributed by atoms with E-state index in [1.807, 2.05) is 36.4 Å². The fraction of sp³-hybridized carbons (Fsp3) is 0. The lowest BCUT2D eigenvalue weighted by molar-refractivity contribution is 1.14. The number of nitrogen functional groups attached to an aromatic ring is 1. The molecule has 4 heteroatoms. The number of aromatic nitrogens is 1. The zero-order valence-electron chi connectivity index (χ0n) is 7.92. The lowest BCUT2D eigenvalue weighted by Crippen LogP contribution is -1.86. The molecule has 76 valence electrons. The zero-order chi connectivity index (χ0) is 10.7. The van der Waals surface area contributed by atoms with Crippen molar-refractivity contribution in [3.63, 3.8) is 0 Å². The number of thiol groups is 1. The van der Waals surface area contributed by atoms with Crippen molar-refractivity contribution >= 4 is 28.1 Å². The van der Waals surface area contributed by atoms with E-state index in [4.69, 9.17) is 5.73 Å². The van der Waals surface area contributed by atoms with Crippen molar-refractivity contribution in [1.29, 1.82) is 0 Å². The Hall–Kier alpha value is -1.13. The third kappa shape index (κ3) is 2.46. The largest absolute Gasteiger partial charge is 0.399 e. The molecule has 0 aliphatic heterocycles. The van der Waals surface area contributed by atoms with Crippen LogP contribution in [0.15, 0.2) is 47.6 Å². The summed E-state index contributed by atoms with van der Waals surface area (Å²) in [5.74, 6) is 0. The maximum Gasteiger partial charge on any atom is 0.107 e. The third-order valence-corrected chi connectivity index (χ3v) is 3.02. The van der Waals surface area contributed by atoms with Gasteiger partial charge in [0.2, 0.25) is 0 Å². The molecule has 0 unspecified atom stereocenters. The van der Waals surface area contributed by atoms with Crippen molar-refractivity contribution in [1.82, 2.24) is 4.98 Å². The third-order valence-electron chi connectivity index (χ3n) is 2.05. The molecule has 0 radical (unpaired) electrons. The zero-order valence-corrected chi connectivity index (χ0v) is 9.63. The molecule has 0 saturated carbocycles. The Bertz CT molecular complexity index is 472. The smallest absolute Gasteiger partial charge is 0.107 e. The van der Waals surface area contributed by atoms with Crippen LogP contribution < -0.4 is 5.73 Å². The first-order chi connectivity index (χ1) is 7.29. The molecule has 15 heavy (non-hydrogen) atoms. The molecular formula is C11H10N2S2. The van der Waals surface area contributed by atoms with Gasteiger partial charge >= 0.3 is 0 Å². The van der Waals surface area contributed by atoms with Gasteiger partial charge in [-0.1, -0.05) is 12.1 Å². The number of nitrogens with zero attached hydrogens (tertiary/aromatic N) is 1. The van der Waals surface area contributed by atoms with Gasteiger partial charge in [-0.05, 0) is 46.2 Å². The topological polar surface area (TPSA) is 38.9 Å². The number of nitrogens with two attached hydrogens (primary N) is 1. The Kier molecular flexibility index (Phi) is 3.18. The molecule has 0 aliphatic carbocycles. The van der Waals surface area contributed by atoms with Gasteiger partial charge in [-0.2, -0.15) is 0 Å². The van der Waals surface area contributed by atoms with Crippen LogP contribution in [0.1, 0.15) is 0 Å². The van der Waals surface area contributed by atoms with Gasteiger partial charge in [0, 0.05) is 11.9 Å². The van der Waals surface area contributed by atoms with Gasteiger partial charge in [0.15, 0.2) is 0 Å². The van der Waals surface area contributed by atoms with E-state index in [0.717, 1.165) is 21.8 Å². The van der Waals surface area contributed by atoms with Crippen LogP contribution in [0.4, 0.5) is 5.69 Å². The van der Waals surface area contributed by atoms with E-state index in [0.29, 0.717) is 0 Å². The molecular weight excluding hydrogens is 224 g/mol. The maximum absolute atomic E-state index is 5.73. The van der Waals surface area contributed by atoms with Gasteiger partial charge in [-0.25, -0.2) is 4.98 Å². The molecule has 1 heterocycles. The average molecular weight is 234 g/mol. The van der Waals surface area contributed by atoms with Gasteiger partial charge in [0.1, 0.15) is 5.03 Å². The Morgan fingerprint density at radius 2 is 1.93 bits per heavy atom. The van der Waals surface area contributed by atoms with Crippen LogP contribution in [-0.2, 0) is 0 Å². The quantitative estimate of drug-likeness (QED) is 0.476. The summed E-state index contributed by atoms with van der Waals surface area (Å²) in [4.78, 5) is 4.16. The molecule has 2 aromatic rings. The summed E-state index contributed by atoms with van der Waals surface area (Å²) >= 11 is 4.12. The Morgan fingerprint density at radius 1 is 1.13 bits per heavy atom. The van der Waals surface area contributed by atoms with Gasteiger partial charge < -0.3 is 5.73 Å². The SMILES string of the molecule is Nc1cccc(-c2ccnc(SS)c2)c1. The van der Waals surface area contributed by atoms with Crippen LogP contribution in [-0.4, -0.2) is 4.98 Å². The Balaban J connectivity index is 2.44. The number of rotatable bonds is 2. The van der Waals surface area contributed by atoms with Crippen LogP contribution >= 0.6 is 22.5 Å². The highest BCUT2D eigenvalue weighted by Gasteiger charge is 1.99. The van der Waals surface area contributed by atoms with Gasteiger partial charge in [0.05, 0.1) is 0 Å². The molecule has 0 amide bonds. The van der Waals surface area contributed by atoms with Crippen molar-refractivity contribution in [2.45, 2.75) is 5.03 Å². The molecule has 0 bridgehead atoms. The number of hydrogen-bond donors (Lipinski definition) is 2. The van der Waals surface area contributed by atoms with E-state index in [9.17, 15) is 0 Å². The van der Waals surface area contributed by atoms with Crippen molar-refractivity contribution in [3.05, 3.63) is 42.6 Å². The molecule has 0 spiro atoms. The van der Waals surface area contributed by atoms with Crippen LogP contribution in [0.2, 0.25) is 0 Å². The number of hydrogen-bond acceptors (Lipinski definition) is 4. The van der Waals surface area contributed by atoms with Gasteiger partial charge in [0.25, 0.3) is 0 Å². The van der Waals surface area contributed by atoms with Crippen molar-refractivity contribution in [2.24, 2.45) is 0 Å². The minimum atomic E-state index is 0.768. The first-order valence-corrected chi connectivity index (χ1v) is 6.30. The molecule has 0 fully saturated rings. The molecule has 0 atom stereocenters. The molecule has 2 nitrogen and oxygen atoms in total. The second-order valence-electron chi connectivity index (χ2n) is 3.10. The average Bonchev–Trinajstić information content (AvgIpc) is 2.29. The molecule has 0 saturated heterocycles. The monoisotopic (exact) mass is 234 g/mol. The highest BCUT2D eigenvalue weighted by atomic mass is 33.1. The normalized spacial score (nSPS) is 10.2. The minimum Gasteiger partial charge on any atom is -0.399 e. The first kappa shape index (κ1) is 10.4. The molecule has 1 aromatic heterocycles. The maximum atomic E-state index is 5.73. The number of anilines is 1. The van der Waals surface area contributed by atoms with Crippen molar-refractivity contribution < 1.29 is 0 Å². The highest BCUT2D eigenvalue weighted by Crippen LogP contribution is 2.26. The molecule has 2 rings (SSSR count). The number of pyridine rings is 1. The summed E-state index contributed by atoms with van der Waals surface area (Å²) in [6, 6.07) is 11.7. The summed E-state index contributed by atoms with van der Waals surface area (Å²) in [6.07, 6.45) is 1.77. The van der Waals surface area contributed by atoms with Gasteiger partial charge in [-0.3, -0.25) is 0 Å². The summed E-state index contributed by atoms with van der Waals surface area (Å²) in [6.45, 7) is 0. The molecule has 2 N–H and O–H groups in total. The van der Waals surface area contributed by atoms with E-state index in [2.05, 4.69) is 16.6 Å². The van der Waals surface area contributed by atoms with Crippen LogP contribution in [0.25, 0.3) is 11.1 Å². The Labute approximate surface area is 97.7 Å². The van der Waals surface area contributed by atoms with E-state index in [-0.39, 0.29) is 0 Å². The van der Waals surface area contributed by atoms with Crippen molar-refractivity contribution in [2.75, 3.05) is 5.73 Å². The second kappa shape index (κ2) is 4.59. The van der Waals surface area contributed by atoms with E-state index >= 15 is 0 Å². The van der Waals surface area contributed by atoms with Crippen LogP contribution in [0.3, 0.4) is 0 Å². The highest BCUT2D eigenvalue weighted by molar-refractivity contribution is 8.68. The number of benzene rings is 1. The predicted octanol–water partition coefficient (Wildman–Crippen LogP) is 3.27. The lowest BCUT2D eigenvalue weighted by atomic mass is 10.1. The van der Waals surface area contributed by atoms with Crippen molar-refractivity contribution in [3.8, 4) is 11.1 Å². The summed E-state index contributed by atoms with van der Waals surface area (Å²) in [5.41, 5.74) is 8.70. The molecule has 1 aromatic carbocycles. The summed E-state index contributed by atoms with van der Waals surface area (Å²) in [7, 11) is 1.33. The fourth-order valence-electron chi connectivity index (χ4n) is 1.36. The summed E-state index contributed by atoms with van der Waals surface area (Å²) in [5, 5.41) is 0.887.